The van der Waals surface area contributed by atoms with Crippen LogP contribution in [0.2, 0.25) is 0 Å². The summed E-state index contributed by atoms with van der Waals surface area (Å²) in [6.07, 6.45) is 0. The van der Waals surface area contributed by atoms with Gasteiger partial charge in [-0.15, -0.1) is 0 Å². The molecule has 0 aromatic heterocycles. The number of hydrogen-bond donors (Lipinski definition) is 3. The largest absolute Gasteiger partial charge is 0.399 e. The molecule has 0 saturated carbocycles. The van der Waals surface area contributed by atoms with E-state index in [1.165, 1.54) is 18.2 Å². The first-order valence-electron chi connectivity index (χ1n) is 6.14. The van der Waals surface area contributed by atoms with Crippen molar-refractivity contribution >= 4 is 23.0 Å². The predicted molar refractivity (Wildman–Crippen MR) is 79.8 cm³/mol. The number of nitro groups is 1. The Morgan fingerprint density at radius 2 is 1.86 bits per heavy atom. The lowest BCUT2D eigenvalue weighted by Crippen LogP contribution is -2.12. The van der Waals surface area contributed by atoms with E-state index in [9.17, 15) is 14.9 Å². The third-order valence-electron chi connectivity index (χ3n) is 2.94. The molecule has 0 spiro atoms. The monoisotopic (exact) mass is 286 g/mol. The van der Waals surface area contributed by atoms with Crippen molar-refractivity contribution in [3.63, 3.8) is 0 Å². The van der Waals surface area contributed by atoms with Gasteiger partial charge >= 0.3 is 0 Å². The zero-order chi connectivity index (χ0) is 15.4. The first-order valence-corrected chi connectivity index (χ1v) is 6.14. The Bertz CT molecular complexity index is 683. The number of nitrogens with two attached hydrogens (primary N) is 2. The Hall–Kier alpha value is -3.09. The lowest BCUT2D eigenvalue weighted by molar-refractivity contribution is -0.384. The van der Waals surface area contributed by atoms with Crippen molar-refractivity contribution in [1.82, 2.24) is 0 Å². The Kier molecular flexibility index (Phi) is 4.03. The summed E-state index contributed by atoms with van der Waals surface area (Å²) in [4.78, 5) is 21.6. The Morgan fingerprint density at radius 3 is 2.43 bits per heavy atom. The van der Waals surface area contributed by atoms with Crippen LogP contribution in [0.3, 0.4) is 0 Å². The molecule has 0 bridgehead atoms. The molecular formula is C14H14N4O3. The second kappa shape index (κ2) is 5.91. The van der Waals surface area contributed by atoms with Crippen LogP contribution in [-0.2, 0) is 6.54 Å². The van der Waals surface area contributed by atoms with Crippen molar-refractivity contribution < 1.29 is 9.72 Å². The van der Waals surface area contributed by atoms with Gasteiger partial charge in [0.2, 0.25) is 5.91 Å². The van der Waals surface area contributed by atoms with Crippen LogP contribution in [0.5, 0.6) is 0 Å². The van der Waals surface area contributed by atoms with Crippen molar-refractivity contribution in [3.8, 4) is 0 Å². The standard InChI is InChI=1S/C14H14N4O3/c15-11-4-1-9(2-5-11)8-17-12-7-10(14(16)19)3-6-13(12)18(20)21/h1-7,17H,8,15H2,(H2,16,19). The summed E-state index contributed by atoms with van der Waals surface area (Å²) in [5.41, 5.74) is 12.7. The molecule has 0 unspecified atom stereocenters. The molecule has 21 heavy (non-hydrogen) atoms. The molecule has 5 N–H and O–H groups in total. The molecule has 1 amide bonds. The minimum Gasteiger partial charge on any atom is -0.399 e. The third kappa shape index (κ3) is 3.47. The molecule has 2 aromatic carbocycles. The number of anilines is 2. The molecule has 7 heteroatoms. The smallest absolute Gasteiger partial charge is 0.292 e. The summed E-state index contributed by atoms with van der Waals surface area (Å²) in [5, 5.41) is 13.9. The molecular weight excluding hydrogens is 272 g/mol. The van der Waals surface area contributed by atoms with E-state index in [-0.39, 0.29) is 16.9 Å². The van der Waals surface area contributed by atoms with E-state index in [1.807, 2.05) is 12.1 Å². The van der Waals surface area contributed by atoms with Crippen molar-refractivity contribution in [1.29, 1.82) is 0 Å². The highest BCUT2D eigenvalue weighted by Gasteiger charge is 2.15. The van der Waals surface area contributed by atoms with Gasteiger partial charge in [-0.25, -0.2) is 0 Å². The highest BCUT2D eigenvalue weighted by molar-refractivity contribution is 5.94. The molecule has 2 rings (SSSR count). The highest BCUT2D eigenvalue weighted by Crippen LogP contribution is 2.26. The van der Waals surface area contributed by atoms with Gasteiger partial charge in [-0.2, -0.15) is 0 Å². The molecule has 0 saturated heterocycles. The Balaban J connectivity index is 2.24. The van der Waals surface area contributed by atoms with Gasteiger partial charge in [-0.3, -0.25) is 14.9 Å². The van der Waals surface area contributed by atoms with Gasteiger partial charge in [0.05, 0.1) is 4.92 Å². The zero-order valence-electron chi connectivity index (χ0n) is 11.1. The minimum absolute atomic E-state index is 0.115. The van der Waals surface area contributed by atoms with Gasteiger partial charge in [-0.1, -0.05) is 12.1 Å². The minimum atomic E-state index is -0.638. The van der Waals surface area contributed by atoms with E-state index < -0.39 is 10.8 Å². The van der Waals surface area contributed by atoms with E-state index >= 15 is 0 Å². The van der Waals surface area contributed by atoms with E-state index in [0.29, 0.717) is 12.2 Å². The highest BCUT2D eigenvalue weighted by atomic mass is 16.6. The number of amides is 1. The second-order valence-electron chi connectivity index (χ2n) is 4.45. The van der Waals surface area contributed by atoms with Gasteiger partial charge in [0.25, 0.3) is 5.69 Å². The fourth-order valence-corrected chi connectivity index (χ4v) is 1.82. The van der Waals surface area contributed by atoms with Crippen molar-refractivity contribution in [2.24, 2.45) is 5.73 Å². The summed E-state index contributed by atoms with van der Waals surface area (Å²) < 4.78 is 0. The second-order valence-corrected chi connectivity index (χ2v) is 4.45. The lowest BCUT2D eigenvalue weighted by Gasteiger charge is -2.08. The van der Waals surface area contributed by atoms with Crippen molar-refractivity contribution in [2.45, 2.75) is 6.54 Å². The van der Waals surface area contributed by atoms with Crippen LogP contribution in [0.1, 0.15) is 15.9 Å². The van der Waals surface area contributed by atoms with Gasteiger partial charge in [0, 0.05) is 23.9 Å². The molecule has 0 atom stereocenters. The Labute approximate surface area is 120 Å². The average molecular weight is 286 g/mol. The SMILES string of the molecule is NC(=O)c1ccc([N+](=O)[O-])c(NCc2ccc(N)cc2)c1. The number of rotatable bonds is 5. The number of benzene rings is 2. The van der Waals surface area contributed by atoms with Crippen LogP contribution in [0.15, 0.2) is 42.5 Å². The molecule has 108 valence electrons. The first-order chi connectivity index (χ1) is 9.97. The summed E-state index contributed by atoms with van der Waals surface area (Å²) in [7, 11) is 0. The molecule has 0 aliphatic carbocycles. The van der Waals surface area contributed by atoms with Crippen LogP contribution in [-0.4, -0.2) is 10.8 Å². The molecule has 0 aliphatic rings. The molecule has 0 fully saturated rings. The maximum Gasteiger partial charge on any atom is 0.292 e. The van der Waals surface area contributed by atoms with Crippen LogP contribution in [0, 0.1) is 10.1 Å². The third-order valence-corrected chi connectivity index (χ3v) is 2.94. The number of carbonyl (C=O) groups is 1. The number of nitrogens with zero attached hydrogens (tertiary/aromatic N) is 1. The van der Waals surface area contributed by atoms with Gasteiger partial charge < -0.3 is 16.8 Å². The fraction of sp³-hybridized carbons (Fsp3) is 0.0714. The summed E-state index contributed by atoms with van der Waals surface area (Å²) in [5.74, 6) is -0.638. The number of hydrogen-bond acceptors (Lipinski definition) is 5. The topological polar surface area (TPSA) is 124 Å². The molecule has 7 nitrogen and oxygen atoms in total. The summed E-state index contributed by atoms with van der Waals surface area (Å²) >= 11 is 0. The van der Waals surface area contributed by atoms with Gasteiger partial charge in [0.15, 0.2) is 0 Å². The van der Waals surface area contributed by atoms with Crippen molar-refractivity contribution in [3.05, 3.63) is 63.7 Å². The van der Waals surface area contributed by atoms with Crippen LogP contribution >= 0.6 is 0 Å². The number of nitrogens with one attached hydrogen (secondary N) is 1. The normalized spacial score (nSPS) is 10.1. The number of primary amides is 1. The quantitative estimate of drug-likeness (QED) is 0.439. The fourth-order valence-electron chi connectivity index (χ4n) is 1.82. The number of carbonyl (C=O) groups excluding carboxylic acids is 1. The maximum atomic E-state index is 11.2. The molecule has 0 heterocycles. The van der Waals surface area contributed by atoms with Crippen LogP contribution in [0.4, 0.5) is 17.1 Å². The first kappa shape index (κ1) is 14.3. The summed E-state index contributed by atoms with van der Waals surface area (Å²) in [6.45, 7) is 0.364. The lowest BCUT2D eigenvalue weighted by atomic mass is 10.1. The predicted octanol–water partition coefficient (Wildman–Crippen LogP) is 1.89. The zero-order valence-corrected chi connectivity index (χ0v) is 11.1. The molecule has 0 radical (unpaired) electrons. The van der Waals surface area contributed by atoms with Crippen LogP contribution in [0.25, 0.3) is 0 Å². The molecule has 0 aliphatic heterocycles. The number of nitrogen functional groups attached to an aromatic ring is 1. The van der Waals surface area contributed by atoms with E-state index in [2.05, 4.69) is 5.32 Å². The summed E-state index contributed by atoms with van der Waals surface area (Å²) in [6, 6.07) is 11.1. The van der Waals surface area contributed by atoms with Crippen molar-refractivity contribution in [2.75, 3.05) is 11.1 Å². The Morgan fingerprint density at radius 1 is 1.19 bits per heavy atom. The van der Waals surface area contributed by atoms with Gasteiger partial charge in [0.1, 0.15) is 5.69 Å². The van der Waals surface area contributed by atoms with E-state index in [4.69, 9.17) is 11.5 Å². The average Bonchev–Trinajstić information content (AvgIpc) is 2.46. The van der Waals surface area contributed by atoms with Gasteiger partial charge in [-0.05, 0) is 29.8 Å². The molecule has 2 aromatic rings. The maximum absolute atomic E-state index is 11.2. The van der Waals surface area contributed by atoms with Crippen LogP contribution < -0.4 is 16.8 Å². The number of nitro benzene ring substituents is 1. The van der Waals surface area contributed by atoms with E-state index in [1.54, 1.807) is 12.1 Å². The van der Waals surface area contributed by atoms with E-state index in [0.717, 1.165) is 5.56 Å².